The van der Waals surface area contributed by atoms with Crippen molar-refractivity contribution in [1.29, 1.82) is 0 Å². The number of hydrogen-bond donors (Lipinski definition) is 0. The first kappa shape index (κ1) is 17.5. The molecule has 3 rings (SSSR count). The van der Waals surface area contributed by atoms with Gasteiger partial charge in [0.2, 0.25) is 10.0 Å². The first-order valence-corrected chi connectivity index (χ1v) is 10.1. The number of halogens is 1. The zero-order valence-electron chi connectivity index (χ0n) is 14.0. The Kier molecular flexibility index (Phi) is 5.00. The Bertz CT molecular complexity index is 831. The molecule has 0 amide bonds. The van der Waals surface area contributed by atoms with E-state index in [1.165, 1.54) is 5.56 Å². The number of aryl methyl sites for hydroxylation is 1. The van der Waals surface area contributed by atoms with Gasteiger partial charge in [0, 0.05) is 18.1 Å². The summed E-state index contributed by atoms with van der Waals surface area (Å²) in [5.74, 6) is 0.117. The molecule has 1 unspecified atom stereocenters. The van der Waals surface area contributed by atoms with Gasteiger partial charge in [0.15, 0.2) is 0 Å². The van der Waals surface area contributed by atoms with Crippen molar-refractivity contribution in [1.82, 2.24) is 4.31 Å². The molecule has 0 aromatic heterocycles. The minimum absolute atomic E-state index is 0.117. The molecule has 0 fully saturated rings. The molecule has 0 spiro atoms. The van der Waals surface area contributed by atoms with Crippen molar-refractivity contribution in [3.8, 4) is 0 Å². The third kappa shape index (κ3) is 3.37. The van der Waals surface area contributed by atoms with Gasteiger partial charge in [-0.1, -0.05) is 43.6 Å². The Morgan fingerprint density at radius 3 is 2.54 bits per heavy atom. The van der Waals surface area contributed by atoms with E-state index in [1.54, 1.807) is 16.4 Å². The van der Waals surface area contributed by atoms with Gasteiger partial charge in [-0.25, -0.2) is 8.42 Å². The molecule has 0 bridgehead atoms. The highest BCUT2D eigenvalue weighted by Crippen LogP contribution is 2.30. The van der Waals surface area contributed by atoms with Crippen molar-refractivity contribution in [3.63, 3.8) is 0 Å². The minimum Gasteiger partial charge on any atom is -0.207 e. The van der Waals surface area contributed by atoms with Crippen LogP contribution in [0.4, 0.5) is 0 Å². The minimum atomic E-state index is -3.47. The summed E-state index contributed by atoms with van der Waals surface area (Å²) in [4.78, 5) is 0.371. The second kappa shape index (κ2) is 6.87. The molecule has 2 aromatic carbocycles. The van der Waals surface area contributed by atoms with Crippen LogP contribution in [0.15, 0.2) is 47.4 Å². The normalized spacial score (nSPS) is 18.9. The quantitative estimate of drug-likeness (QED) is 0.817. The predicted molar refractivity (Wildman–Crippen MR) is 98.1 cm³/mol. The van der Waals surface area contributed by atoms with Crippen molar-refractivity contribution in [2.75, 3.05) is 13.1 Å². The lowest BCUT2D eigenvalue weighted by Crippen LogP contribution is -2.34. The first-order chi connectivity index (χ1) is 11.4. The van der Waals surface area contributed by atoms with Crippen LogP contribution in [-0.4, -0.2) is 25.8 Å². The number of rotatable bonds is 3. The lowest BCUT2D eigenvalue weighted by Gasteiger charge is -2.22. The van der Waals surface area contributed by atoms with E-state index in [0.29, 0.717) is 29.4 Å². The average Bonchev–Trinajstić information content (AvgIpc) is 2.74. The van der Waals surface area contributed by atoms with Gasteiger partial charge < -0.3 is 0 Å². The molecular formula is C19H22ClNO2S. The van der Waals surface area contributed by atoms with Gasteiger partial charge in [0.1, 0.15) is 0 Å². The molecule has 0 aliphatic carbocycles. The molecule has 1 aliphatic heterocycles. The summed E-state index contributed by atoms with van der Waals surface area (Å²) in [6.07, 6.45) is 1.61. The molecule has 0 N–H and O–H groups in total. The van der Waals surface area contributed by atoms with E-state index < -0.39 is 10.0 Å². The fourth-order valence-corrected chi connectivity index (χ4v) is 4.97. The van der Waals surface area contributed by atoms with E-state index in [2.05, 4.69) is 13.8 Å². The van der Waals surface area contributed by atoms with Crippen LogP contribution in [-0.2, 0) is 22.9 Å². The topological polar surface area (TPSA) is 37.4 Å². The molecule has 0 radical (unpaired) electrons. The summed E-state index contributed by atoms with van der Waals surface area (Å²) in [6.45, 7) is 5.09. The molecule has 2 aromatic rings. The Hall–Kier alpha value is -1.36. The fraction of sp³-hybridized carbons (Fsp3) is 0.368. The van der Waals surface area contributed by atoms with Crippen LogP contribution in [0.25, 0.3) is 0 Å². The first-order valence-electron chi connectivity index (χ1n) is 8.29. The van der Waals surface area contributed by atoms with Crippen LogP contribution in [0, 0.1) is 0 Å². The third-order valence-corrected chi connectivity index (χ3v) is 6.83. The van der Waals surface area contributed by atoms with Crippen LogP contribution in [0.1, 0.15) is 36.5 Å². The molecule has 1 heterocycles. The van der Waals surface area contributed by atoms with E-state index in [1.807, 2.05) is 30.3 Å². The number of sulfonamides is 1. The molecule has 3 nitrogen and oxygen atoms in total. The Morgan fingerprint density at radius 1 is 1.17 bits per heavy atom. The van der Waals surface area contributed by atoms with E-state index in [0.717, 1.165) is 17.5 Å². The monoisotopic (exact) mass is 363 g/mol. The Balaban J connectivity index is 1.90. The standard InChI is InChI=1S/C19H22ClNO2S/c1-3-15-4-8-18(9-5-15)24(22,23)21-11-10-16-6-7-17(20)12-19(16)14(2)13-21/h4-9,12,14H,3,10-11,13H2,1-2H3. The average molecular weight is 364 g/mol. The predicted octanol–water partition coefficient (Wildman–Crippen LogP) is 4.25. The summed E-state index contributed by atoms with van der Waals surface area (Å²) < 4.78 is 27.6. The largest absolute Gasteiger partial charge is 0.243 e. The summed E-state index contributed by atoms with van der Waals surface area (Å²) in [5, 5.41) is 0.701. The van der Waals surface area contributed by atoms with Gasteiger partial charge in [-0.2, -0.15) is 4.31 Å². The molecule has 5 heteroatoms. The molecular weight excluding hydrogens is 342 g/mol. The van der Waals surface area contributed by atoms with Crippen LogP contribution < -0.4 is 0 Å². The second-order valence-electron chi connectivity index (χ2n) is 6.35. The summed E-state index contributed by atoms with van der Waals surface area (Å²) >= 11 is 6.11. The molecule has 0 saturated heterocycles. The van der Waals surface area contributed by atoms with Crippen molar-refractivity contribution in [2.24, 2.45) is 0 Å². The van der Waals surface area contributed by atoms with Crippen molar-refractivity contribution < 1.29 is 8.42 Å². The number of benzene rings is 2. The maximum absolute atomic E-state index is 13.0. The van der Waals surface area contributed by atoms with Crippen LogP contribution in [0.5, 0.6) is 0 Å². The number of hydrogen-bond acceptors (Lipinski definition) is 2. The van der Waals surface area contributed by atoms with Gasteiger partial charge in [-0.15, -0.1) is 0 Å². The third-order valence-electron chi connectivity index (χ3n) is 4.72. The van der Waals surface area contributed by atoms with Gasteiger partial charge in [0.25, 0.3) is 0 Å². The van der Waals surface area contributed by atoms with E-state index in [9.17, 15) is 8.42 Å². The lowest BCUT2D eigenvalue weighted by molar-refractivity contribution is 0.406. The smallest absolute Gasteiger partial charge is 0.207 e. The molecule has 1 atom stereocenters. The van der Waals surface area contributed by atoms with Gasteiger partial charge in [-0.3, -0.25) is 0 Å². The molecule has 1 aliphatic rings. The van der Waals surface area contributed by atoms with Crippen LogP contribution in [0.3, 0.4) is 0 Å². The SMILES string of the molecule is CCc1ccc(S(=O)(=O)N2CCc3ccc(Cl)cc3C(C)C2)cc1. The molecule has 128 valence electrons. The van der Waals surface area contributed by atoms with E-state index >= 15 is 0 Å². The van der Waals surface area contributed by atoms with Crippen LogP contribution >= 0.6 is 11.6 Å². The lowest BCUT2D eigenvalue weighted by atomic mass is 9.96. The summed E-state index contributed by atoms with van der Waals surface area (Å²) in [6, 6.07) is 13.1. The Morgan fingerprint density at radius 2 is 1.88 bits per heavy atom. The van der Waals surface area contributed by atoms with Gasteiger partial charge in [-0.05, 0) is 59.7 Å². The van der Waals surface area contributed by atoms with Crippen molar-refractivity contribution >= 4 is 21.6 Å². The van der Waals surface area contributed by atoms with Gasteiger partial charge in [0.05, 0.1) is 4.90 Å². The van der Waals surface area contributed by atoms with Crippen molar-refractivity contribution in [3.05, 3.63) is 64.2 Å². The zero-order valence-corrected chi connectivity index (χ0v) is 15.6. The highest BCUT2D eigenvalue weighted by molar-refractivity contribution is 7.89. The maximum Gasteiger partial charge on any atom is 0.243 e. The molecule has 0 saturated carbocycles. The maximum atomic E-state index is 13.0. The van der Waals surface area contributed by atoms with E-state index in [-0.39, 0.29) is 5.92 Å². The summed E-state index contributed by atoms with van der Waals surface area (Å²) in [5.41, 5.74) is 3.48. The van der Waals surface area contributed by atoms with Crippen molar-refractivity contribution in [2.45, 2.75) is 37.5 Å². The highest BCUT2D eigenvalue weighted by Gasteiger charge is 2.29. The zero-order chi connectivity index (χ0) is 17.3. The molecule has 24 heavy (non-hydrogen) atoms. The highest BCUT2D eigenvalue weighted by atomic mass is 35.5. The Labute approximate surface area is 149 Å². The fourth-order valence-electron chi connectivity index (χ4n) is 3.26. The van der Waals surface area contributed by atoms with Gasteiger partial charge >= 0.3 is 0 Å². The van der Waals surface area contributed by atoms with Crippen LogP contribution in [0.2, 0.25) is 5.02 Å². The number of nitrogens with zero attached hydrogens (tertiary/aromatic N) is 1. The number of fused-ring (bicyclic) bond motifs is 1. The second-order valence-corrected chi connectivity index (χ2v) is 8.73. The van der Waals surface area contributed by atoms with E-state index in [4.69, 9.17) is 11.6 Å². The summed E-state index contributed by atoms with van der Waals surface area (Å²) in [7, 11) is -3.47.